The fraction of sp³-hybridized carbons (Fsp3) is 1.00. The van der Waals surface area contributed by atoms with Crippen LogP contribution in [0.1, 0.15) is 94.4 Å². The highest BCUT2D eigenvalue weighted by atomic mass is 15.3. The van der Waals surface area contributed by atoms with E-state index in [0.717, 1.165) is 11.8 Å². The van der Waals surface area contributed by atoms with Crippen molar-refractivity contribution in [3.63, 3.8) is 0 Å². The van der Waals surface area contributed by atoms with Crippen molar-refractivity contribution in [2.24, 2.45) is 17.3 Å². The van der Waals surface area contributed by atoms with E-state index in [9.17, 15) is 0 Å². The predicted octanol–water partition coefficient (Wildman–Crippen LogP) is 5.75. The minimum atomic E-state index is 0.299. The molecule has 0 aliphatic carbocycles. The van der Waals surface area contributed by atoms with Crippen molar-refractivity contribution in [3.05, 3.63) is 0 Å². The van der Waals surface area contributed by atoms with Gasteiger partial charge in [0, 0.05) is 37.3 Å². The molecule has 1 atom stereocenters. The molecule has 2 aliphatic rings. The maximum Gasteiger partial charge on any atom is 0.0159 e. The van der Waals surface area contributed by atoms with Crippen molar-refractivity contribution in [1.29, 1.82) is 0 Å². The zero-order chi connectivity index (χ0) is 21.9. The van der Waals surface area contributed by atoms with Gasteiger partial charge in [-0.05, 0) is 97.2 Å². The Morgan fingerprint density at radius 1 is 0.793 bits per heavy atom. The molecule has 0 saturated carbocycles. The molecule has 29 heavy (non-hydrogen) atoms. The van der Waals surface area contributed by atoms with Crippen LogP contribution in [0.2, 0.25) is 0 Å². The van der Waals surface area contributed by atoms with Crippen molar-refractivity contribution in [1.82, 2.24) is 14.7 Å². The Labute approximate surface area is 183 Å². The summed E-state index contributed by atoms with van der Waals surface area (Å²) >= 11 is 0. The van der Waals surface area contributed by atoms with Gasteiger partial charge < -0.3 is 4.90 Å². The van der Waals surface area contributed by atoms with E-state index in [2.05, 4.69) is 77.0 Å². The molecule has 172 valence electrons. The van der Waals surface area contributed by atoms with Crippen LogP contribution in [0.4, 0.5) is 0 Å². The van der Waals surface area contributed by atoms with Crippen LogP contribution in [0.15, 0.2) is 0 Å². The fourth-order valence-corrected chi connectivity index (χ4v) is 5.89. The molecule has 0 bridgehead atoms. The van der Waals surface area contributed by atoms with Crippen molar-refractivity contribution >= 4 is 0 Å². The van der Waals surface area contributed by atoms with Crippen LogP contribution in [-0.4, -0.2) is 71.6 Å². The third kappa shape index (κ3) is 7.21. The zero-order valence-electron chi connectivity index (χ0n) is 21.5. The Balaban J connectivity index is 1.84. The van der Waals surface area contributed by atoms with Crippen LogP contribution in [0, 0.1) is 17.3 Å². The van der Waals surface area contributed by atoms with Crippen LogP contribution in [-0.2, 0) is 0 Å². The Morgan fingerprint density at radius 2 is 1.34 bits per heavy atom. The van der Waals surface area contributed by atoms with Crippen LogP contribution < -0.4 is 0 Å². The number of piperazine rings is 1. The molecular weight excluding hydrogens is 354 g/mol. The van der Waals surface area contributed by atoms with E-state index >= 15 is 0 Å². The fourth-order valence-electron chi connectivity index (χ4n) is 5.89. The molecule has 1 unspecified atom stereocenters. The largest absolute Gasteiger partial charge is 0.301 e. The Morgan fingerprint density at radius 3 is 1.83 bits per heavy atom. The van der Waals surface area contributed by atoms with E-state index in [0.29, 0.717) is 16.5 Å². The molecule has 2 fully saturated rings. The molecule has 2 heterocycles. The van der Waals surface area contributed by atoms with Crippen molar-refractivity contribution in [3.8, 4) is 0 Å². The summed E-state index contributed by atoms with van der Waals surface area (Å²) in [5.41, 5.74) is 1.04. The Hall–Kier alpha value is -0.120. The normalized spacial score (nSPS) is 23.5. The molecule has 0 amide bonds. The van der Waals surface area contributed by atoms with Crippen LogP contribution in [0.3, 0.4) is 0 Å². The molecule has 0 aromatic rings. The molecule has 0 aromatic carbocycles. The molecule has 3 heteroatoms. The molecule has 0 N–H and O–H groups in total. The van der Waals surface area contributed by atoms with Gasteiger partial charge in [-0.2, -0.15) is 0 Å². The summed E-state index contributed by atoms with van der Waals surface area (Å²) in [5.74, 6) is 1.73. The molecule has 2 saturated heterocycles. The topological polar surface area (TPSA) is 9.72 Å². The summed E-state index contributed by atoms with van der Waals surface area (Å²) in [7, 11) is 0. The van der Waals surface area contributed by atoms with Gasteiger partial charge in [0.1, 0.15) is 0 Å². The summed E-state index contributed by atoms with van der Waals surface area (Å²) in [6, 6.07) is 0. The maximum atomic E-state index is 2.79. The number of nitrogens with zero attached hydrogens (tertiary/aromatic N) is 3. The molecule has 0 spiro atoms. The zero-order valence-corrected chi connectivity index (χ0v) is 21.5. The molecule has 3 nitrogen and oxygen atoms in total. The smallest absolute Gasteiger partial charge is 0.0159 e. The van der Waals surface area contributed by atoms with Gasteiger partial charge in [-0.15, -0.1) is 0 Å². The summed E-state index contributed by atoms with van der Waals surface area (Å²) in [6.45, 7) is 30.8. The number of hydrogen-bond acceptors (Lipinski definition) is 3. The van der Waals surface area contributed by atoms with Crippen LogP contribution >= 0.6 is 0 Å². The lowest BCUT2D eigenvalue weighted by atomic mass is 9.67. The summed E-state index contributed by atoms with van der Waals surface area (Å²) in [5, 5.41) is 0. The molecular formula is C26H53N3. The second-order valence-corrected chi connectivity index (χ2v) is 12.5. The van der Waals surface area contributed by atoms with E-state index in [-0.39, 0.29) is 0 Å². The highest BCUT2D eigenvalue weighted by Gasteiger charge is 2.40. The summed E-state index contributed by atoms with van der Waals surface area (Å²) in [6.07, 6.45) is 6.72. The second-order valence-electron chi connectivity index (χ2n) is 12.5. The predicted molar refractivity (Wildman–Crippen MR) is 129 cm³/mol. The van der Waals surface area contributed by atoms with Gasteiger partial charge in [0.25, 0.3) is 0 Å². The SMILES string of the molecule is CCC(C)CCN1CCN(C(C)(C)CC(C)(C)C2CCN(C(C)(C)C)CC2)CC1. The van der Waals surface area contributed by atoms with Crippen molar-refractivity contribution in [2.75, 3.05) is 45.8 Å². The summed E-state index contributed by atoms with van der Waals surface area (Å²) in [4.78, 5) is 8.17. The first-order valence-electron chi connectivity index (χ1n) is 12.6. The minimum Gasteiger partial charge on any atom is -0.301 e. The monoisotopic (exact) mass is 407 g/mol. The number of hydrogen-bond donors (Lipinski definition) is 0. The highest BCUT2D eigenvalue weighted by molar-refractivity contribution is 4.95. The number of likely N-dealkylation sites (tertiary alicyclic amines) is 1. The van der Waals surface area contributed by atoms with E-state index in [1.54, 1.807) is 0 Å². The van der Waals surface area contributed by atoms with Gasteiger partial charge in [-0.25, -0.2) is 0 Å². The van der Waals surface area contributed by atoms with Crippen molar-refractivity contribution < 1.29 is 0 Å². The van der Waals surface area contributed by atoms with Gasteiger partial charge >= 0.3 is 0 Å². The second kappa shape index (κ2) is 10.0. The summed E-state index contributed by atoms with van der Waals surface area (Å²) < 4.78 is 0. The first-order chi connectivity index (χ1) is 13.3. The third-order valence-corrected chi connectivity index (χ3v) is 8.30. The van der Waals surface area contributed by atoms with E-state index in [1.165, 1.54) is 77.9 Å². The quantitative estimate of drug-likeness (QED) is 0.507. The third-order valence-electron chi connectivity index (χ3n) is 8.30. The van der Waals surface area contributed by atoms with E-state index in [1.807, 2.05) is 0 Å². The minimum absolute atomic E-state index is 0.299. The van der Waals surface area contributed by atoms with Gasteiger partial charge in [0.15, 0.2) is 0 Å². The lowest BCUT2D eigenvalue weighted by Gasteiger charge is -2.51. The number of piperidine rings is 1. The maximum absolute atomic E-state index is 2.79. The van der Waals surface area contributed by atoms with Crippen LogP contribution in [0.5, 0.6) is 0 Å². The van der Waals surface area contributed by atoms with E-state index in [4.69, 9.17) is 0 Å². The lowest BCUT2D eigenvalue weighted by Crippen LogP contribution is -2.56. The lowest BCUT2D eigenvalue weighted by molar-refractivity contribution is -0.00907. The van der Waals surface area contributed by atoms with Gasteiger partial charge in [0.2, 0.25) is 0 Å². The first-order valence-corrected chi connectivity index (χ1v) is 12.6. The molecule has 2 rings (SSSR count). The van der Waals surface area contributed by atoms with Gasteiger partial charge in [-0.3, -0.25) is 9.80 Å². The molecule has 0 aromatic heterocycles. The average Bonchev–Trinajstić information content (AvgIpc) is 2.65. The van der Waals surface area contributed by atoms with Gasteiger partial charge in [-0.1, -0.05) is 34.1 Å². The van der Waals surface area contributed by atoms with E-state index < -0.39 is 0 Å². The molecule has 0 radical (unpaired) electrons. The number of rotatable bonds is 8. The first kappa shape index (κ1) is 25.1. The standard InChI is InChI=1S/C26H53N3/c1-10-22(2)11-14-27-17-19-29(20-18-27)26(8,9)21-25(6,7)23-12-15-28(16-13-23)24(3,4)5/h22-23H,10-21H2,1-9H3. The molecule has 2 aliphatic heterocycles. The van der Waals surface area contributed by atoms with Crippen LogP contribution in [0.25, 0.3) is 0 Å². The Kier molecular flexibility index (Phi) is 8.67. The van der Waals surface area contributed by atoms with Crippen molar-refractivity contribution in [2.45, 2.75) is 105 Å². The Bertz CT molecular complexity index is 475. The highest BCUT2D eigenvalue weighted by Crippen LogP contribution is 2.43. The average molecular weight is 408 g/mol. The van der Waals surface area contributed by atoms with Gasteiger partial charge in [0.05, 0.1) is 0 Å².